The summed E-state index contributed by atoms with van der Waals surface area (Å²) in [4.78, 5) is 36.1. The summed E-state index contributed by atoms with van der Waals surface area (Å²) in [6.07, 6.45) is 5.30. The van der Waals surface area contributed by atoms with Crippen LogP contribution in [0.2, 0.25) is 0 Å². The number of morpholine rings is 1. The normalized spacial score (nSPS) is 23.7. The minimum Gasteiger partial charge on any atom is -0.391 e. The lowest BCUT2D eigenvalue weighted by atomic mass is 9.85. The second-order valence-corrected chi connectivity index (χ2v) is 12.1. The number of aliphatic hydroxyl groups is 1. The minimum atomic E-state index is -0.751. The maximum atomic E-state index is 13.8. The van der Waals surface area contributed by atoms with Crippen molar-refractivity contribution < 1.29 is 19.4 Å². The molecule has 1 aliphatic carbocycles. The van der Waals surface area contributed by atoms with Crippen LogP contribution in [0.5, 0.6) is 0 Å². The fourth-order valence-corrected chi connectivity index (χ4v) is 5.80. The SMILES string of the molecule is CC(C)(C)[C@@H](C(=O)N1CC(O)CC1C(=O)NCc1cnc(N2CCOCC2)s1)n1cc(C2CC2)nn1. The molecule has 196 valence electrons. The lowest BCUT2D eigenvalue weighted by molar-refractivity contribution is -0.144. The Morgan fingerprint density at radius 1 is 1.28 bits per heavy atom. The van der Waals surface area contributed by atoms with Crippen LogP contribution in [0.15, 0.2) is 12.4 Å². The molecule has 0 radical (unpaired) electrons. The Morgan fingerprint density at radius 2 is 2.03 bits per heavy atom. The van der Waals surface area contributed by atoms with Gasteiger partial charge >= 0.3 is 0 Å². The Morgan fingerprint density at radius 3 is 2.72 bits per heavy atom. The third kappa shape index (κ3) is 5.40. The van der Waals surface area contributed by atoms with Gasteiger partial charge in [-0.05, 0) is 18.3 Å². The number of rotatable bonds is 7. The molecular formula is C24H35N7O4S. The molecule has 3 aliphatic rings. The smallest absolute Gasteiger partial charge is 0.248 e. The number of nitrogens with zero attached hydrogens (tertiary/aromatic N) is 6. The van der Waals surface area contributed by atoms with E-state index in [1.807, 2.05) is 27.0 Å². The lowest BCUT2D eigenvalue weighted by Gasteiger charge is -2.34. The molecule has 2 aromatic rings. The maximum Gasteiger partial charge on any atom is 0.248 e. The predicted octanol–water partition coefficient (Wildman–Crippen LogP) is 1.31. The molecule has 1 saturated carbocycles. The first-order valence-electron chi connectivity index (χ1n) is 12.7. The number of nitrogens with one attached hydrogen (secondary N) is 1. The number of carbonyl (C=O) groups excluding carboxylic acids is 2. The molecule has 2 aliphatic heterocycles. The van der Waals surface area contributed by atoms with Gasteiger partial charge in [-0.1, -0.05) is 26.0 Å². The quantitative estimate of drug-likeness (QED) is 0.563. The van der Waals surface area contributed by atoms with Gasteiger partial charge in [0.1, 0.15) is 12.1 Å². The van der Waals surface area contributed by atoms with E-state index in [1.165, 1.54) is 4.90 Å². The van der Waals surface area contributed by atoms with Gasteiger partial charge in [0.15, 0.2) is 5.13 Å². The van der Waals surface area contributed by atoms with Crippen LogP contribution in [0.25, 0.3) is 0 Å². The first kappa shape index (κ1) is 25.1. The molecule has 3 atom stereocenters. The number of carbonyl (C=O) groups is 2. The molecule has 5 rings (SSSR count). The van der Waals surface area contributed by atoms with Crippen molar-refractivity contribution in [3.63, 3.8) is 0 Å². The van der Waals surface area contributed by atoms with E-state index in [2.05, 4.69) is 25.5 Å². The summed E-state index contributed by atoms with van der Waals surface area (Å²) in [5, 5.41) is 22.9. The summed E-state index contributed by atoms with van der Waals surface area (Å²) in [5.74, 6) is -0.0675. The fourth-order valence-electron chi connectivity index (χ4n) is 4.90. The molecule has 0 spiro atoms. The van der Waals surface area contributed by atoms with Crippen LogP contribution in [0, 0.1) is 5.41 Å². The molecule has 2 amide bonds. The van der Waals surface area contributed by atoms with Crippen LogP contribution < -0.4 is 10.2 Å². The van der Waals surface area contributed by atoms with E-state index in [4.69, 9.17) is 4.74 Å². The summed E-state index contributed by atoms with van der Waals surface area (Å²) >= 11 is 1.54. The van der Waals surface area contributed by atoms with E-state index in [1.54, 1.807) is 22.2 Å². The first-order chi connectivity index (χ1) is 17.2. The van der Waals surface area contributed by atoms with Gasteiger partial charge in [-0.15, -0.1) is 16.4 Å². The van der Waals surface area contributed by atoms with Gasteiger partial charge in [0.2, 0.25) is 11.8 Å². The fraction of sp³-hybridized carbons (Fsp3) is 0.708. The minimum absolute atomic E-state index is 0.120. The molecule has 2 saturated heterocycles. The summed E-state index contributed by atoms with van der Waals surface area (Å²) in [5.41, 5.74) is 0.451. The zero-order valence-corrected chi connectivity index (χ0v) is 21.9. The van der Waals surface area contributed by atoms with Crippen LogP contribution in [0.1, 0.15) is 62.6 Å². The monoisotopic (exact) mass is 517 g/mol. The van der Waals surface area contributed by atoms with Crippen LogP contribution in [-0.2, 0) is 20.9 Å². The highest BCUT2D eigenvalue weighted by atomic mass is 32.1. The van der Waals surface area contributed by atoms with E-state index >= 15 is 0 Å². The van der Waals surface area contributed by atoms with Gasteiger partial charge < -0.3 is 25.0 Å². The molecule has 2 unspecified atom stereocenters. The number of likely N-dealkylation sites (tertiary alicyclic amines) is 1. The standard InChI is InChI=1S/C24H35N7O4S/c1-24(2,3)20(31-14-18(27-28-31)15-4-5-15)22(34)30-13-16(32)10-19(30)21(33)25-11-17-12-26-23(36-17)29-6-8-35-9-7-29/h12,14-16,19-20,32H,4-11,13H2,1-3H3,(H,25,33)/t16?,19?,20-/m1/s1. The van der Waals surface area contributed by atoms with Gasteiger partial charge in [-0.2, -0.15) is 0 Å². The van der Waals surface area contributed by atoms with E-state index < -0.39 is 23.6 Å². The topological polar surface area (TPSA) is 126 Å². The number of ether oxygens (including phenoxy) is 1. The predicted molar refractivity (Wildman–Crippen MR) is 134 cm³/mol. The Kier molecular flexibility index (Phi) is 7.01. The molecule has 12 heteroatoms. The number of hydrogen-bond acceptors (Lipinski definition) is 9. The Bertz CT molecular complexity index is 1090. The van der Waals surface area contributed by atoms with Crippen molar-refractivity contribution in [2.75, 3.05) is 37.7 Å². The zero-order valence-electron chi connectivity index (χ0n) is 21.1. The van der Waals surface area contributed by atoms with Gasteiger partial charge in [0.05, 0.1) is 31.6 Å². The second-order valence-electron chi connectivity index (χ2n) is 11.0. The average molecular weight is 518 g/mol. The highest BCUT2D eigenvalue weighted by Crippen LogP contribution is 2.40. The molecule has 11 nitrogen and oxygen atoms in total. The number of anilines is 1. The molecule has 36 heavy (non-hydrogen) atoms. The number of aliphatic hydroxyl groups excluding tert-OH is 1. The van der Waals surface area contributed by atoms with Crippen molar-refractivity contribution in [2.45, 2.75) is 70.7 Å². The number of thiazole rings is 1. The van der Waals surface area contributed by atoms with Gasteiger partial charge in [-0.25, -0.2) is 9.67 Å². The Hall–Kier alpha value is -2.57. The van der Waals surface area contributed by atoms with Gasteiger partial charge in [0, 0.05) is 49.2 Å². The number of aromatic nitrogens is 4. The summed E-state index contributed by atoms with van der Waals surface area (Å²) in [6.45, 7) is 9.36. The van der Waals surface area contributed by atoms with E-state index in [0.29, 0.717) is 25.7 Å². The zero-order chi connectivity index (χ0) is 25.4. The van der Waals surface area contributed by atoms with Crippen LogP contribution in [0.3, 0.4) is 0 Å². The van der Waals surface area contributed by atoms with Crippen LogP contribution in [0.4, 0.5) is 5.13 Å². The van der Waals surface area contributed by atoms with Crippen molar-refractivity contribution in [3.05, 3.63) is 23.0 Å². The molecule has 0 bridgehead atoms. The lowest BCUT2D eigenvalue weighted by Crippen LogP contribution is -2.50. The molecule has 3 fully saturated rings. The Labute approximate surface area is 214 Å². The maximum absolute atomic E-state index is 13.8. The summed E-state index contributed by atoms with van der Waals surface area (Å²) in [7, 11) is 0. The number of amides is 2. The molecule has 0 aromatic carbocycles. The summed E-state index contributed by atoms with van der Waals surface area (Å²) < 4.78 is 7.04. The van der Waals surface area contributed by atoms with E-state index in [0.717, 1.165) is 41.6 Å². The van der Waals surface area contributed by atoms with Gasteiger partial charge in [-0.3, -0.25) is 9.59 Å². The van der Waals surface area contributed by atoms with Crippen molar-refractivity contribution in [1.29, 1.82) is 0 Å². The highest BCUT2D eigenvalue weighted by molar-refractivity contribution is 7.15. The first-order valence-corrected chi connectivity index (χ1v) is 13.5. The summed E-state index contributed by atoms with van der Waals surface area (Å²) in [6, 6.07) is -1.37. The van der Waals surface area contributed by atoms with Gasteiger partial charge in [0.25, 0.3) is 0 Å². The van der Waals surface area contributed by atoms with E-state index in [9.17, 15) is 14.7 Å². The third-order valence-corrected chi connectivity index (χ3v) is 8.03. The average Bonchev–Trinajstić information content (AvgIpc) is 3.22. The largest absolute Gasteiger partial charge is 0.391 e. The molecule has 4 heterocycles. The van der Waals surface area contributed by atoms with Crippen molar-refractivity contribution in [3.8, 4) is 0 Å². The van der Waals surface area contributed by atoms with Crippen molar-refractivity contribution in [1.82, 2.24) is 30.2 Å². The molecule has 2 N–H and O–H groups in total. The second kappa shape index (κ2) is 10.1. The van der Waals surface area contributed by atoms with E-state index in [-0.39, 0.29) is 24.8 Å². The third-order valence-electron chi connectivity index (χ3n) is 6.97. The number of β-amino-alcohol motifs (C(OH)–C–C–N with tert-alkyl or cyclic N) is 1. The van der Waals surface area contributed by atoms with Crippen LogP contribution >= 0.6 is 11.3 Å². The van der Waals surface area contributed by atoms with Crippen molar-refractivity contribution in [2.24, 2.45) is 5.41 Å². The van der Waals surface area contributed by atoms with Crippen LogP contribution in [-0.4, -0.2) is 86.8 Å². The number of hydrogen-bond donors (Lipinski definition) is 2. The highest BCUT2D eigenvalue weighted by Gasteiger charge is 2.45. The molecule has 2 aromatic heterocycles. The Balaban J connectivity index is 1.26. The molecular weight excluding hydrogens is 482 g/mol. The van der Waals surface area contributed by atoms with Crippen molar-refractivity contribution >= 4 is 28.3 Å².